The second kappa shape index (κ2) is 6.06. The van der Waals surface area contributed by atoms with Crippen molar-refractivity contribution in [2.45, 2.75) is 51.5 Å². The van der Waals surface area contributed by atoms with Crippen molar-refractivity contribution in [1.82, 2.24) is 9.55 Å². The third-order valence-electron chi connectivity index (χ3n) is 4.70. The number of hydrogen-bond donors (Lipinski definition) is 2. The Morgan fingerprint density at radius 3 is 2.90 bits per heavy atom. The molecule has 21 heavy (non-hydrogen) atoms. The molecule has 1 aliphatic carbocycles. The van der Waals surface area contributed by atoms with Crippen molar-refractivity contribution in [2.75, 3.05) is 12.3 Å². The fraction of sp³-hybridized carbons (Fsp3) is 0.588. The largest absolute Gasteiger partial charge is 0.399 e. The number of aryl methyl sites for hydroxylation is 1. The maximum Gasteiger partial charge on any atom is 0.110 e. The third-order valence-corrected chi connectivity index (χ3v) is 4.70. The number of nitrogen functional groups attached to an aromatic ring is 1. The average molecular weight is 287 g/mol. The predicted molar refractivity (Wildman–Crippen MR) is 86.2 cm³/mol. The summed E-state index contributed by atoms with van der Waals surface area (Å²) in [6.45, 7) is 2.45. The van der Waals surface area contributed by atoms with Crippen LogP contribution in [-0.2, 0) is 6.42 Å². The fourth-order valence-corrected chi connectivity index (χ4v) is 3.68. The summed E-state index contributed by atoms with van der Waals surface area (Å²) >= 11 is 0. The molecule has 2 unspecified atom stereocenters. The van der Waals surface area contributed by atoms with E-state index in [-0.39, 0.29) is 6.61 Å². The molecule has 1 heterocycles. The van der Waals surface area contributed by atoms with Gasteiger partial charge in [0.05, 0.1) is 11.0 Å². The normalized spacial score (nSPS) is 22.8. The first kappa shape index (κ1) is 14.4. The van der Waals surface area contributed by atoms with Gasteiger partial charge in [0.25, 0.3) is 0 Å². The minimum absolute atomic E-state index is 0.269. The number of aliphatic hydroxyl groups is 1. The Labute approximate surface area is 126 Å². The van der Waals surface area contributed by atoms with E-state index in [1.165, 1.54) is 12.8 Å². The summed E-state index contributed by atoms with van der Waals surface area (Å²) in [6.07, 6.45) is 6.77. The highest BCUT2D eigenvalue weighted by Gasteiger charge is 2.28. The highest BCUT2D eigenvalue weighted by Crippen LogP contribution is 2.37. The molecule has 1 aromatic heterocycles. The smallest absolute Gasteiger partial charge is 0.110 e. The fourth-order valence-electron chi connectivity index (χ4n) is 3.68. The first-order valence-corrected chi connectivity index (χ1v) is 8.11. The van der Waals surface area contributed by atoms with E-state index in [1.807, 2.05) is 12.1 Å². The van der Waals surface area contributed by atoms with E-state index in [0.717, 1.165) is 48.2 Å². The van der Waals surface area contributed by atoms with E-state index in [1.54, 1.807) is 0 Å². The van der Waals surface area contributed by atoms with E-state index < -0.39 is 0 Å². The maximum atomic E-state index is 9.74. The molecule has 4 heteroatoms. The number of aromatic nitrogens is 2. The molecule has 0 amide bonds. The molecule has 1 aromatic carbocycles. The molecule has 0 spiro atoms. The van der Waals surface area contributed by atoms with Crippen LogP contribution in [0.3, 0.4) is 0 Å². The van der Waals surface area contributed by atoms with Crippen LogP contribution in [0.4, 0.5) is 5.69 Å². The summed E-state index contributed by atoms with van der Waals surface area (Å²) in [5.74, 6) is 1.49. The van der Waals surface area contributed by atoms with Gasteiger partial charge in [-0.2, -0.15) is 0 Å². The molecule has 4 nitrogen and oxygen atoms in total. The van der Waals surface area contributed by atoms with Crippen molar-refractivity contribution >= 4 is 16.7 Å². The zero-order valence-electron chi connectivity index (χ0n) is 12.8. The van der Waals surface area contributed by atoms with Crippen LogP contribution in [0, 0.1) is 5.92 Å². The topological polar surface area (TPSA) is 64.1 Å². The van der Waals surface area contributed by atoms with Crippen LogP contribution in [-0.4, -0.2) is 21.3 Å². The van der Waals surface area contributed by atoms with Gasteiger partial charge in [0.1, 0.15) is 5.82 Å². The molecular weight excluding hydrogens is 262 g/mol. The summed E-state index contributed by atoms with van der Waals surface area (Å²) in [5.41, 5.74) is 8.81. The van der Waals surface area contributed by atoms with E-state index in [0.29, 0.717) is 12.0 Å². The van der Waals surface area contributed by atoms with E-state index >= 15 is 0 Å². The average Bonchev–Trinajstić information content (AvgIpc) is 2.84. The number of benzene rings is 1. The van der Waals surface area contributed by atoms with Gasteiger partial charge in [-0.05, 0) is 37.5 Å². The Balaban J connectivity index is 2.11. The molecule has 114 valence electrons. The summed E-state index contributed by atoms with van der Waals surface area (Å²) in [5, 5.41) is 9.74. The number of nitrogens with zero attached hydrogens (tertiary/aromatic N) is 2. The standard InChI is InChI=1S/C17H25N3O/c1-2-5-17-19-14-10-13(18)8-9-16(14)20(17)15-7-4-3-6-12(15)11-21/h8-10,12,15,21H,2-7,11,18H2,1H3. The van der Waals surface area contributed by atoms with Gasteiger partial charge in [-0.1, -0.05) is 19.8 Å². The number of imidazole rings is 1. The van der Waals surface area contributed by atoms with Crippen LogP contribution in [0.1, 0.15) is 50.9 Å². The van der Waals surface area contributed by atoms with Gasteiger partial charge in [-0.3, -0.25) is 0 Å². The first-order valence-electron chi connectivity index (χ1n) is 8.11. The molecule has 0 saturated heterocycles. The number of fused-ring (bicyclic) bond motifs is 1. The number of hydrogen-bond acceptors (Lipinski definition) is 3. The molecule has 1 saturated carbocycles. The molecule has 3 N–H and O–H groups in total. The Morgan fingerprint density at radius 2 is 2.14 bits per heavy atom. The number of anilines is 1. The van der Waals surface area contributed by atoms with E-state index in [9.17, 15) is 5.11 Å². The predicted octanol–water partition coefficient (Wildman–Crippen LogP) is 3.29. The Kier molecular flexibility index (Phi) is 4.15. The first-order chi connectivity index (χ1) is 10.2. The molecular formula is C17H25N3O. The zero-order valence-corrected chi connectivity index (χ0v) is 12.8. The van der Waals surface area contributed by atoms with Gasteiger partial charge in [0.2, 0.25) is 0 Å². The lowest BCUT2D eigenvalue weighted by molar-refractivity contribution is 0.139. The molecule has 2 aromatic rings. The number of nitrogens with two attached hydrogens (primary N) is 1. The van der Waals surface area contributed by atoms with Gasteiger partial charge in [-0.25, -0.2) is 4.98 Å². The van der Waals surface area contributed by atoms with Crippen LogP contribution in [0.2, 0.25) is 0 Å². The van der Waals surface area contributed by atoms with Gasteiger partial charge >= 0.3 is 0 Å². The second-order valence-electron chi connectivity index (χ2n) is 6.19. The molecule has 3 rings (SSSR count). The van der Waals surface area contributed by atoms with Crippen molar-refractivity contribution in [3.63, 3.8) is 0 Å². The lowest BCUT2D eigenvalue weighted by Gasteiger charge is -2.33. The Hall–Kier alpha value is -1.55. The van der Waals surface area contributed by atoms with E-state index in [2.05, 4.69) is 17.6 Å². The summed E-state index contributed by atoms with van der Waals surface area (Å²) in [4.78, 5) is 4.81. The molecule has 2 atom stereocenters. The lowest BCUT2D eigenvalue weighted by atomic mass is 9.84. The Bertz CT molecular complexity index is 620. The lowest BCUT2D eigenvalue weighted by Crippen LogP contribution is -2.27. The van der Waals surface area contributed by atoms with Crippen molar-refractivity contribution in [3.05, 3.63) is 24.0 Å². The van der Waals surface area contributed by atoms with Crippen molar-refractivity contribution in [1.29, 1.82) is 0 Å². The van der Waals surface area contributed by atoms with Gasteiger partial charge in [-0.15, -0.1) is 0 Å². The zero-order chi connectivity index (χ0) is 14.8. The van der Waals surface area contributed by atoms with Gasteiger partial charge in [0, 0.05) is 30.7 Å². The summed E-state index contributed by atoms with van der Waals surface area (Å²) < 4.78 is 2.39. The SMILES string of the molecule is CCCc1nc2cc(N)ccc2n1C1CCCCC1CO. The molecule has 0 radical (unpaired) electrons. The van der Waals surface area contributed by atoms with Crippen LogP contribution in [0.5, 0.6) is 0 Å². The monoisotopic (exact) mass is 287 g/mol. The third kappa shape index (κ3) is 2.64. The minimum atomic E-state index is 0.269. The quantitative estimate of drug-likeness (QED) is 0.848. The van der Waals surface area contributed by atoms with Crippen molar-refractivity contribution in [2.24, 2.45) is 5.92 Å². The number of rotatable bonds is 4. The van der Waals surface area contributed by atoms with Crippen LogP contribution in [0.15, 0.2) is 18.2 Å². The van der Waals surface area contributed by atoms with Gasteiger partial charge in [0.15, 0.2) is 0 Å². The number of aliphatic hydroxyl groups excluding tert-OH is 1. The van der Waals surface area contributed by atoms with Gasteiger partial charge < -0.3 is 15.4 Å². The van der Waals surface area contributed by atoms with Crippen LogP contribution >= 0.6 is 0 Å². The van der Waals surface area contributed by atoms with Crippen LogP contribution in [0.25, 0.3) is 11.0 Å². The molecule has 1 fully saturated rings. The highest BCUT2D eigenvalue weighted by molar-refractivity contribution is 5.79. The maximum absolute atomic E-state index is 9.74. The van der Waals surface area contributed by atoms with Crippen molar-refractivity contribution < 1.29 is 5.11 Å². The second-order valence-corrected chi connectivity index (χ2v) is 6.19. The minimum Gasteiger partial charge on any atom is -0.399 e. The van der Waals surface area contributed by atoms with Crippen molar-refractivity contribution in [3.8, 4) is 0 Å². The summed E-state index contributed by atoms with van der Waals surface area (Å²) in [6, 6.07) is 6.37. The molecule has 0 bridgehead atoms. The Morgan fingerprint density at radius 1 is 1.33 bits per heavy atom. The summed E-state index contributed by atoms with van der Waals surface area (Å²) in [7, 11) is 0. The highest BCUT2D eigenvalue weighted by atomic mass is 16.3. The van der Waals surface area contributed by atoms with E-state index in [4.69, 9.17) is 10.7 Å². The molecule has 0 aliphatic heterocycles. The molecule has 1 aliphatic rings. The van der Waals surface area contributed by atoms with Crippen LogP contribution < -0.4 is 5.73 Å².